The first kappa shape index (κ1) is 55.9. The molecule has 1 aliphatic rings. The summed E-state index contributed by atoms with van der Waals surface area (Å²) in [5, 5.41) is 13.5. The third-order valence-electron chi connectivity index (χ3n) is 11.9. The van der Waals surface area contributed by atoms with Gasteiger partial charge in [-0.05, 0) is 101 Å². The van der Waals surface area contributed by atoms with Gasteiger partial charge in [-0.25, -0.2) is 4.79 Å². The van der Waals surface area contributed by atoms with Crippen molar-refractivity contribution >= 4 is 53.4 Å². The number of benzene rings is 1. The molecule has 0 aliphatic carbocycles. The number of ether oxygens (including phenoxy) is 4. The average Bonchev–Trinajstić information content (AvgIpc) is 3.22. The second kappa shape index (κ2) is 28.0. The summed E-state index contributed by atoms with van der Waals surface area (Å²) in [6, 6.07) is -2.51. The summed E-state index contributed by atoms with van der Waals surface area (Å²) in [7, 11) is 0. The largest absolute Gasteiger partial charge is 0.487 e. The number of carboxylic acid groups (broad SMARTS) is 1. The molecule has 0 spiro atoms. The molecule has 0 bridgehead atoms. The molecule has 17 heteroatoms. The van der Waals surface area contributed by atoms with Gasteiger partial charge < -0.3 is 46.2 Å². The molecule has 64 heavy (non-hydrogen) atoms. The zero-order valence-corrected chi connectivity index (χ0v) is 40.5. The highest BCUT2D eigenvalue weighted by Gasteiger charge is 2.36. The lowest BCUT2D eigenvalue weighted by atomic mass is 9.83. The molecule has 7 N–H and O–H groups in total. The average molecular weight is 921 g/mol. The number of nitrogens with one attached hydrogen (secondary N) is 2. The molecule has 0 radical (unpaired) electrons. The minimum Gasteiger partial charge on any atom is -0.487 e. The molecule has 2 amide bonds. The number of rotatable bonds is 29. The second-order valence-electron chi connectivity index (χ2n) is 18.1. The minimum atomic E-state index is -1.42. The molecular formula is C47H76N4O12S. The van der Waals surface area contributed by atoms with E-state index in [4.69, 9.17) is 30.8 Å². The summed E-state index contributed by atoms with van der Waals surface area (Å²) < 4.78 is 22.3. The van der Waals surface area contributed by atoms with E-state index in [0.29, 0.717) is 17.2 Å². The number of esters is 4. The van der Waals surface area contributed by atoms with Gasteiger partial charge in [0.15, 0.2) is 0 Å². The van der Waals surface area contributed by atoms with E-state index in [1.165, 1.54) is 38.5 Å². The van der Waals surface area contributed by atoms with Crippen LogP contribution in [0.2, 0.25) is 0 Å². The molecule has 6 atom stereocenters. The van der Waals surface area contributed by atoms with Crippen LogP contribution < -0.4 is 31.6 Å². The smallest absolute Gasteiger partial charge is 0.333 e. The van der Waals surface area contributed by atoms with Crippen LogP contribution in [0.4, 0.5) is 0 Å². The first-order valence-corrected chi connectivity index (χ1v) is 24.0. The Balaban J connectivity index is 2.05. The summed E-state index contributed by atoms with van der Waals surface area (Å²) >= 11 is 1.00. The molecule has 0 aromatic heterocycles. The maximum absolute atomic E-state index is 13.9. The fourth-order valence-electron chi connectivity index (χ4n) is 7.62. The van der Waals surface area contributed by atoms with E-state index in [2.05, 4.69) is 50.0 Å². The molecule has 0 saturated heterocycles. The van der Waals surface area contributed by atoms with Crippen molar-refractivity contribution in [1.82, 2.24) is 10.6 Å². The molecule has 16 nitrogen and oxygen atoms in total. The third-order valence-corrected chi connectivity index (χ3v) is 13.0. The van der Waals surface area contributed by atoms with Gasteiger partial charge in [0.1, 0.15) is 42.1 Å². The number of hydrogen-bond acceptors (Lipinski definition) is 14. The Bertz CT molecular complexity index is 1760. The molecule has 1 aromatic carbocycles. The topological polar surface area (TPSA) is 253 Å². The summed E-state index contributed by atoms with van der Waals surface area (Å²) in [6.07, 6.45) is 11.8. The number of hydrogen-bond donors (Lipinski definition) is 5. The lowest BCUT2D eigenvalue weighted by Crippen LogP contribution is -2.45. The van der Waals surface area contributed by atoms with Crippen molar-refractivity contribution < 1.29 is 57.6 Å². The van der Waals surface area contributed by atoms with E-state index < -0.39 is 79.2 Å². The zero-order chi connectivity index (χ0) is 48.1. The van der Waals surface area contributed by atoms with Gasteiger partial charge in [-0.1, -0.05) is 72.6 Å². The molecule has 1 aliphatic heterocycles. The van der Waals surface area contributed by atoms with Gasteiger partial charge in [0.25, 0.3) is 0 Å². The van der Waals surface area contributed by atoms with Crippen molar-refractivity contribution in [2.24, 2.45) is 35.1 Å². The molecule has 0 fully saturated rings. The number of aliphatic carboxylic acids is 1. The number of fused-ring (bicyclic) bond motifs is 1. The standard InChI is InChI=1S/C47H76N4O12S/c1-10-60-39(53)24-50-43(55)35(26-64-27-37(49)44(56)51-25-40(54)61-38(52)20-19-36(48)45(57)58)46(59)62-41-31(6)32(7)42-34(33(41)8)21-23-47(9,63-42)22-13-18-30(5)17-12-16-29(4)15-11-14-28(2)3/h28-30,35-37H,10-27,48-49H2,1-9H3,(H,50,55)(H,51,56)(H,57,58)/t29?,30?,35?,36-,37-,47?/m0/s1. The van der Waals surface area contributed by atoms with Gasteiger partial charge in [0, 0.05) is 23.5 Å². The van der Waals surface area contributed by atoms with Crippen LogP contribution >= 0.6 is 11.8 Å². The molecular weight excluding hydrogens is 845 g/mol. The van der Waals surface area contributed by atoms with Crippen molar-refractivity contribution in [2.45, 2.75) is 163 Å². The molecule has 0 saturated carbocycles. The van der Waals surface area contributed by atoms with Crippen molar-refractivity contribution in [1.29, 1.82) is 0 Å². The van der Waals surface area contributed by atoms with E-state index in [-0.39, 0.29) is 30.1 Å². The fraction of sp³-hybridized carbons (Fsp3) is 0.723. The molecule has 4 unspecified atom stereocenters. The van der Waals surface area contributed by atoms with Crippen molar-refractivity contribution in [3.63, 3.8) is 0 Å². The second-order valence-corrected chi connectivity index (χ2v) is 19.2. The van der Waals surface area contributed by atoms with Crippen LogP contribution in [0.15, 0.2) is 0 Å². The van der Waals surface area contributed by atoms with E-state index in [1.54, 1.807) is 6.92 Å². The summed E-state index contributed by atoms with van der Waals surface area (Å²) in [5.41, 5.74) is 14.3. The van der Waals surface area contributed by atoms with Crippen LogP contribution in [-0.2, 0) is 49.5 Å². The Hall–Kier alpha value is -4.22. The van der Waals surface area contributed by atoms with E-state index in [0.717, 1.165) is 78.1 Å². The van der Waals surface area contributed by atoms with Crippen LogP contribution in [-0.4, -0.2) is 95.7 Å². The Morgan fingerprint density at radius 1 is 0.766 bits per heavy atom. The van der Waals surface area contributed by atoms with E-state index >= 15 is 0 Å². The monoisotopic (exact) mass is 921 g/mol. The van der Waals surface area contributed by atoms with Crippen LogP contribution in [0.25, 0.3) is 0 Å². The number of carboxylic acids is 1. The highest BCUT2D eigenvalue weighted by Crippen LogP contribution is 2.45. The molecule has 1 aromatic rings. The van der Waals surface area contributed by atoms with Crippen LogP contribution in [0.5, 0.6) is 11.5 Å². The molecule has 2 rings (SSSR count). The third kappa shape index (κ3) is 19.5. The number of nitrogens with two attached hydrogens (primary N) is 2. The van der Waals surface area contributed by atoms with Gasteiger partial charge >= 0.3 is 29.8 Å². The predicted molar refractivity (Wildman–Crippen MR) is 246 cm³/mol. The van der Waals surface area contributed by atoms with Crippen molar-refractivity contribution in [3.05, 3.63) is 22.3 Å². The fourth-order valence-corrected chi connectivity index (χ4v) is 8.68. The quantitative estimate of drug-likeness (QED) is 0.0363. The van der Waals surface area contributed by atoms with Crippen LogP contribution in [0.3, 0.4) is 0 Å². The zero-order valence-electron chi connectivity index (χ0n) is 39.7. The maximum atomic E-state index is 13.9. The highest BCUT2D eigenvalue weighted by atomic mass is 32.2. The van der Waals surface area contributed by atoms with Crippen LogP contribution in [0, 0.1) is 44.4 Å². The van der Waals surface area contributed by atoms with E-state index in [9.17, 15) is 33.6 Å². The van der Waals surface area contributed by atoms with Crippen LogP contribution in [0.1, 0.15) is 141 Å². The van der Waals surface area contributed by atoms with E-state index in [1.807, 2.05) is 20.8 Å². The lowest BCUT2D eigenvalue weighted by molar-refractivity contribution is -0.159. The normalized spacial score (nSPS) is 16.9. The summed E-state index contributed by atoms with van der Waals surface area (Å²) in [6.45, 7) is 17.7. The van der Waals surface area contributed by atoms with Crippen molar-refractivity contribution in [3.8, 4) is 11.5 Å². The maximum Gasteiger partial charge on any atom is 0.333 e. The minimum absolute atomic E-state index is 0.0925. The van der Waals surface area contributed by atoms with Crippen molar-refractivity contribution in [2.75, 3.05) is 31.2 Å². The summed E-state index contributed by atoms with van der Waals surface area (Å²) in [4.78, 5) is 86.6. The first-order chi connectivity index (χ1) is 30.1. The number of carbonyl (C=O) groups excluding carboxylic acids is 6. The number of amides is 2. The highest BCUT2D eigenvalue weighted by molar-refractivity contribution is 7.99. The Morgan fingerprint density at radius 3 is 1.97 bits per heavy atom. The molecule has 1 heterocycles. The number of carbonyl (C=O) groups is 7. The SMILES string of the molecule is CCOC(=O)CNC(=O)C(CSC[C@H](N)C(=O)NCC(=O)OC(=O)CC[C@H](N)C(=O)O)C(=O)Oc1c(C)c(C)c2c(c1C)CCC(C)(CCCC(C)CCCC(C)CCCC(C)C)O2. The Kier molecular flexibility index (Phi) is 24.4. The van der Waals surface area contributed by atoms with Gasteiger partial charge in [0.2, 0.25) is 11.8 Å². The van der Waals surface area contributed by atoms with Gasteiger partial charge in [-0.3, -0.25) is 28.8 Å². The Morgan fingerprint density at radius 2 is 1.36 bits per heavy atom. The molecule has 362 valence electrons. The lowest BCUT2D eigenvalue weighted by Gasteiger charge is -2.38. The van der Waals surface area contributed by atoms with Gasteiger partial charge in [0.05, 0.1) is 12.6 Å². The first-order valence-electron chi connectivity index (χ1n) is 22.9. The Labute approximate surface area is 384 Å². The van der Waals surface area contributed by atoms with Gasteiger partial charge in [-0.15, -0.1) is 0 Å². The summed E-state index contributed by atoms with van der Waals surface area (Å²) in [5.74, 6) is -4.88. The number of thioether (sulfide) groups is 1. The van der Waals surface area contributed by atoms with Gasteiger partial charge in [-0.2, -0.15) is 11.8 Å². The predicted octanol–water partition coefficient (Wildman–Crippen LogP) is 5.77.